The molecule has 0 atom stereocenters. The molecule has 1 aliphatic rings. The van der Waals surface area contributed by atoms with E-state index in [1.165, 1.54) is 23.8 Å². The summed E-state index contributed by atoms with van der Waals surface area (Å²) in [5.74, 6) is 0.745. The van der Waals surface area contributed by atoms with Crippen molar-refractivity contribution < 1.29 is 4.74 Å². The van der Waals surface area contributed by atoms with Crippen LogP contribution < -0.4 is 5.32 Å². The van der Waals surface area contributed by atoms with Crippen LogP contribution in [0, 0.1) is 5.92 Å². The van der Waals surface area contributed by atoms with Crippen LogP contribution in [0.3, 0.4) is 0 Å². The summed E-state index contributed by atoms with van der Waals surface area (Å²) in [4.78, 5) is 3.51. The summed E-state index contributed by atoms with van der Waals surface area (Å²) >= 11 is 0. The molecule has 5 rings (SSSR count). The van der Waals surface area contributed by atoms with Gasteiger partial charge in [-0.25, -0.2) is 0 Å². The molecule has 138 valence electrons. The molecule has 5 nitrogen and oxygen atoms in total. The zero-order valence-corrected chi connectivity index (χ0v) is 15.3. The van der Waals surface area contributed by atoms with E-state index in [2.05, 4.69) is 56.9 Å². The minimum atomic E-state index is 0.745. The number of hydrogen-bond donors (Lipinski definition) is 3. The van der Waals surface area contributed by atoms with E-state index in [9.17, 15) is 0 Å². The van der Waals surface area contributed by atoms with Crippen LogP contribution in [-0.2, 0) is 11.3 Å². The van der Waals surface area contributed by atoms with Gasteiger partial charge >= 0.3 is 0 Å². The molecule has 0 unspecified atom stereocenters. The van der Waals surface area contributed by atoms with Gasteiger partial charge in [-0.1, -0.05) is 24.3 Å². The van der Waals surface area contributed by atoms with Gasteiger partial charge in [0.2, 0.25) is 0 Å². The van der Waals surface area contributed by atoms with Crippen LogP contribution >= 0.6 is 0 Å². The zero-order valence-electron chi connectivity index (χ0n) is 15.3. The number of benzene rings is 2. The highest BCUT2D eigenvalue weighted by molar-refractivity contribution is 5.95. The second-order valence-corrected chi connectivity index (χ2v) is 7.41. The van der Waals surface area contributed by atoms with Crippen molar-refractivity contribution in [3.05, 3.63) is 54.1 Å². The second-order valence-electron chi connectivity index (χ2n) is 7.41. The number of hydrogen-bond acceptors (Lipinski definition) is 3. The monoisotopic (exact) mass is 360 g/mol. The molecular weight excluding hydrogens is 336 g/mol. The Bertz CT molecular complexity index is 1060. The number of H-pyrrole nitrogens is 2. The van der Waals surface area contributed by atoms with Crippen molar-refractivity contribution >= 4 is 21.8 Å². The minimum Gasteiger partial charge on any atom is -0.381 e. The maximum absolute atomic E-state index is 5.43. The number of nitrogens with zero attached hydrogens (tertiary/aromatic N) is 1. The first-order valence-corrected chi connectivity index (χ1v) is 9.70. The fourth-order valence-electron chi connectivity index (χ4n) is 3.96. The van der Waals surface area contributed by atoms with Crippen molar-refractivity contribution in [3.63, 3.8) is 0 Å². The van der Waals surface area contributed by atoms with E-state index >= 15 is 0 Å². The SMILES string of the molecule is c1ccc2c(-c3cc4cc(CNCC5CCOCC5)ccc4[nH]3)n[nH]c2c1. The van der Waals surface area contributed by atoms with Gasteiger partial charge in [-0.3, -0.25) is 5.10 Å². The third-order valence-electron chi connectivity index (χ3n) is 5.51. The third-order valence-corrected chi connectivity index (χ3v) is 5.51. The molecule has 3 heterocycles. The van der Waals surface area contributed by atoms with Crippen LogP contribution in [0.5, 0.6) is 0 Å². The van der Waals surface area contributed by atoms with E-state index in [0.717, 1.165) is 60.0 Å². The van der Waals surface area contributed by atoms with Crippen LogP contribution in [0.4, 0.5) is 0 Å². The van der Waals surface area contributed by atoms with Gasteiger partial charge in [-0.2, -0.15) is 5.10 Å². The number of nitrogens with one attached hydrogen (secondary N) is 3. The molecule has 0 aliphatic carbocycles. The standard InChI is InChI=1S/C22H24N4O/c1-2-4-20-18(3-1)22(26-25-20)21-12-17-11-16(5-6-19(17)24-21)14-23-13-15-7-9-27-10-8-15/h1-6,11-12,15,23-24H,7-10,13-14H2,(H,25,26). The van der Waals surface area contributed by atoms with Crippen molar-refractivity contribution in [2.24, 2.45) is 5.92 Å². The molecule has 4 aromatic rings. The number of rotatable bonds is 5. The smallest absolute Gasteiger partial charge is 0.116 e. The van der Waals surface area contributed by atoms with Crippen LogP contribution in [0.1, 0.15) is 18.4 Å². The van der Waals surface area contributed by atoms with Crippen molar-refractivity contribution in [1.29, 1.82) is 0 Å². The molecule has 2 aromatic heterocycles. The van der Waals surface area contributed by atoms with Crippen LogP contribution in [-0.4, -0.2) is 34.9 Å². The molecule has 0 radical (unpaired) electrons. The van der Waals surface area contributed by atoms with Gasteiger partial charge in [0.15, 0.2) is 0 Å². The number of aromatic amines is 2. The lowest BCUT2D eigenvalue weighted by Gasteiger charge is -2.22. The Labute approximate surface area is 158 Å². The molecule has 1 fully saturated rings. The Morgan fingerprint density at radius 1 is 1.04 bits per heavy atom. The molecule has 0 spiro atoms. The molecule has 0 amide bonds. The summed E-state index contributed by atoms with van der Waals surface area (Å²) in [5.41, 5.74) is 5.54. The summed E-state index contributed by atoms with van der Waals surface area (Å²) in [7, 11) is 0. The second kappa shape index (κ2) is 7.18. The fraction of sp³-hybridized carbons (Fsp3) is 0.318. The van der Waals surface area contributed by atoms with Gasteiger partial charge in [0.25, 0.3) is 0 Å². The molecule has 1 aliphatic heterocycles. The fourth-order valence-corrected chi connectivity index (χ4v) is 3.96. The van der Waals surface area contributed by atoms with Crippen molar-refractivity contribution in [3.8, 4) is 11.4 Å². The van der Waals surface area contributed by atoms with E-state index in [4.69, 9.17) is 4.74 Å². The highest BCUT2D eigenvalue weighted by Crippen LogP contribution is 2.28. The Balaban J connectivity index is 1.34. The molecule has 1 saturated heterocycles. The summed E-state index contributed by atoms with van der Waals surface area (Å²) in [6.07, 6.45) is 2.34. The maximum Gasteiger partial charge on any atom is 0.116 e. The van der Waals surface area contributed by atoms with Crippen LogP contribution in [0.2, 0.25) is 0 Å². The lowest BCUT2D eigenvalue weighted by Crippen LogP contribution is -2.27. The Kier molecular flexibility index (Phi) is 4.40. The topological polar surface area (TPSA) is 65.7 Å². The normalized spacial score (nSPS) is 15.7. The quantitative estimate of drug-likeness (QED) is 0.499. The molecule has 3 N–H and O–H groups in total. The van der Waals surface area contributed by atoms with E-state index < -0.39 is 0 Å². The van der Waals surface area contributed by atoms with Crippen molar-refractivity contribution in [1.82, 2.24) is 20.5 Å². The van der Waals surface area contributed by atoms with Gasteiger partial charge in [-0.05, 0) is 55.1 Å². The highest BCUT2D eigenvalue weighted by Gasteiger charge is 2.13. The molecule has 0 saturated carbocycles. The summed E-state index contributed by atoms with van der Waals surface area (Å²) in [5, 5.41) is 13.6. The van der Waals surface area contributed by atoms with Crippen LogP contribution in [0.25, 0.3) is 33.2 Å². The molecule has 0 bridgehead atoms. The Morgan fingerprint density at radius 3 is 2.85 bits per heavy atom. The van der Waals surface area contributed by atoms with E-state index in [-0.39, 0.29) is 0 Å². The lowest BCUT2D eigenvalue weighted by atomic mass is 10.0. The molecule has 5 heteroatoms. The zero-order chi connectivity index (χ0) is 18.1. The number of ether oxygens (including phenoxy) is 1. The largest absolute Gasteiger partial charge is 0.381 e. The van der Waals surface area contributed by atoms with Crippen molar-refractivity contribution in [2.75, 3.05) is 19.8 Å². The third kappa shape index (κ3) is 3.36. The lowest BCUT2D eigenvalue weighted by molar-refractivity contribution is 0.0662. The maximum atomic E-state index is 5.43. The van der Waals surface area contributed by atoms with Crippen molar-refractivity contribution in [2.45, 2.75) is 19.4 Å². The first kappa shape index (κ1) is 16.5. The van der Waals surface area contributed by atoms with Gasteiger partial charge in [-0.15, -0.1) is 0 Å². The Hall–Kier alpha value is -2.63. The number of para-hydroxylation sites is 1. The predicted octanol–water partition coefficient (Wildman–Crippen LogP) is 4.23. The average molecular weight is 360 g/mol. The first-order chi connectivity index (χ1) is 13.4. The van der Waals surface area contributed by atoms with E-state index in [0.29, 0.717) is 0 Å². The number of fused-ring (bicyclic) bond motifs is 2. The van der Waals surface area contributed by atoms with Gasteiger partial charge in [0, 0.05) is 36.0 Å². The van der Waals surface area contributed by atoms with Gasteiger partial charge in [0.1, 0.15) is 5.69 Å². The summed E-state index contributed by atoms with van der Waals surface area (Å²) in [6.45, 7) is 3.79. The highest BCUT2D eigenvalue weighted by atomic mass is 16.5. The molecular formula is C22H24N4O. The predicted molar refractivity (Wildman–Crippen MR) is 109 cm³/mol. The minimum absolute atomic E-state index is 0.745. The van der Waals surface area contributed by atoms with Gasteiger partial charge < -0.3 is 15.0 Å². The summed E-state index contributed by atoms with van der Waals surface area (Å²) < 4.78 is 5.43. The van der Waals surface area contributed by atoms with Gasteiger partial charge in [0.05, 0.1) is 11.2 Å². The Morgan fingerprint density at radius 2 is 1.93 bits per heavy atom. The first-order valence-electron chi connectivity index (χ1n) is 9.70. The van der Waals surface area contributed by atoms with Crippen LogP contribution in [0.15, 0.2) is 48.5 Å². The number of aromatic nitrogens is 3. The van der Waals surface area contributed by atoms with E-state index in [1.807, 2.05) is 12.1 Å². The summed E-state index contributed by atoms with van der Waals surface area (Å²) in [6, 6.07) is 17.0. The molecule has 2 aromatic carbocycles. The average Bonchev–Trinajstić information content (AvgIpc) is 3.32. The van der Waals surface area contributed by atoms with E-state index in [1.54, 1.807) is 0 Å². The molecule has 27 heavy (non-hydrogen) atoms.